The standard InChI is InChI=1S/C13H20FN3O/c1-3-11-12(14)13(16-9-15-11)17(2)8-10-6-4-5-7-18-10/h9-10H,3-8H2,1-2H3/t10-/m0/s1. The summed E-state index contributed by atoms with van der Waals surface area (Å²) in [4.78, 5) is 9.80. The highest BCUT2D eigenvalue weighted by atomic mass is 19.1. The van der Waals surface area contributed by atoms with Gasteiger partial charge in [0.25, 0.3) is 0 Å². The van der Waals surface area contributed by atoms with Crippen molar-refractivity contribution in [3.8, 4) is 0 Å². The monoisotopic (exact) mass is 253 g/mol. The van der Waals surface area contributed by atoms with Crippen molar-refractivity contribution in [2.24, 2.45) is 0 Å². The number of rotatable bonds is 4. The largest absolute Gasteiger partial charge is 0.376 e. The van der Waals surface area contributed by atoms with Crippen LogP contribution < -0.4 is 4.90 Å². The van der Waals surface area contributed by atoms with Gasteiger partial charge < -0.3 is 9.64 Å². The molecule has 0 spiro atoms. The first-order valence-corrected chi connectivity index (χ1v) is 6.54. The molecule has 0 aliphatic carbocycles. The second-order valence-electron chi connectivity index (χ2n) is 4.68. The van der Waals surface area contributed by atoms with E-state index in [9.17, 15) is 4.39 Å². The second-order valence-corrected chi connectivity index (χ2v) is 4.68. The molecule has 0 radical (unpaired) electrons. The molecule has 18 heavy (non-hydrogen) atoms. The van der Waals surface area contributed by atoms with Crippen molar-refractivity contribution in [2.75, 3.05) is 25.1 Å². The average Bonchev–Trinajstić information content (AvgIpc) is 2.40. The zero-order chi connectivity index (χ0) is 13.0. The van der Waals surface area contributed by atoms with E-state index in [1.807, 2.05) is 18.9 Å². The first kappa shape index (κ1) is 13.2. The maximum absolute atomic E-state index is 14.1. The lowest BCUT2D eigenvalue weighted by molar-refractivity contribution is 0.0214. The lowest BCUT2D eigenvalue weighted by Crippen LogP contribution is -2.34. The van der Waals surface area contributed by atoms with Crippen molar-refractivity contribution in [1.29, 1.82) is 0 Å². The Kier molecular flexibility index (Phi) is 4.47. The van der Waals surface area contributed by atoms with Crippen molar-refractivity contribution in [2.45, 2.75) is 38.7 Å². The molecule has 1 fully saturated rings. The van der Waals surface area contributed by atoms with Crippen LogP contribution >= 0.6 is 0 Å². The van der Waals surface area contributed by atoms with Gasteiger partial charge >= 0.3 is 0 Å². The van der Waals surface area contributed by atoms with Crippen LogP contribution in [-0.4, -0.2) is 36.3 Å². The molecular formula is C13H20FN3O. The minimum absolute atomic E-state index is 0.184. The van der Waals surface area contributed by atoms with Gasteiger partial charge in [0.2, 0.25) is 0 Å². The van der Waals surface area contributed by atoms with Gasteiger partial charge in [-0.05, 0) is 25.7 Å². The summed E-state index contributed by atoms with van der Waals surface area (Å²) < 4.78 is 19.7. The number of aryl methyl sites for hydroxylation is 1. The van der Waals surface area contributed by atoms with E-state index in [4.69, 9.17) is 4.74 Å². The van der Waals surface area contributed by atoms with Crippen molar-refractivity contribution in [3.63, 3.8) is 0 Å². The minimum atomic E-state index is -0.307. The first-order valence-electron chi connectivity index (χ1n) is 6.54. The normalized spacial score (nSPS) is 19.8. The molecule has 0 bridgehead atoms. The van der Waals surface area contributed by atoms with E-state index >= 15 is 0 Å². The van der Waals surface area contributed by atoms with Crippen LogP contribution in [0.5, 0.6) is 0 Å². The zero-order valence-electron chi connectivity index (χ0n) is 11.0. The number of aromatic nitrogens is 2. The fraction of sp³-hybridized carbons (Fsp3) is 0.692. The molecule has 1 aliphatic rings. The molecule has 0 N–H and O–H groups in total. The lowest BCUT2D eigenvalue weighted by Gasteiger charge is -2.28. The molecule has 1 atom stereocenters. The van der Waals surface area contributed by atoms with Crippen molar-refractivity contribution in [3.05, 3.63) is 17.8 Å². The van der Waals surface area contributed by atoms with Gasteiger partial charge in [-0.1, -0.05) is 6.92 Å². The number of nitrogens with zero attached hydrogens (tertiary/aromatic N) is 3. The Bertz CT molecular complexity index is 394. The summed E-state index contributed by atoms with van der Waals surface area (Å²) in [7, 11) is 1.85. The highest BCUT2D eigenvalue weighted by Gasteiger charge is 2.19. The van der Waals surface area contributed by atoms with E-state index in [1.165, 1.54) is 12.7 Å². The average molecular weight is 253 g/mol. The van der Waals surface area contributed by atoms with Gasteiger partial charge in [-0.3, -0.25) is 0 Å². The molecule has 0 aromatic carbocycles. The first-order chi connectivity index (χ1) is 8.72. The number of halogens is 1. The van der Waals surface area contributed by atoms with E-state index in [0.717, 1.165) is 19.4 Å². The predicted octanol–water partition coefficient (Wildman–Crippen LogP) is 2.18. The zero-order valence-corrected chi connectivity index (χ0v) is 11.0. The van der Waals surface area contributed by atoms with Crippen molar-refractivity contribution >= 4 is 5.82 Å². The van der Waals surface area contributed by atoms with Gasteiger partial charge in [0, 0.05) is 20.2 Å². The van der Waals surface area contributed by atoms with Crippen molar-refractivity contribution < 1.29 is 9.13 Å². The van der Waals surface area contributed by atoms with Crippen LogP contribution in [0.3, 0.4) is 0 Å². The van der Waals surface area contributed by atoms with Gasteiger partial charge in [-0.15, -0.1) is 0 Å². The fourth-order valence-corrected chi connectivity index (χ4v) is 2.25. The SMILES string of the molecule is CCc1ncnc(N(C)C[C@@H]2CCCCO2)c1F. The number of anilines is 1. The maximum Gasteiger partial charge on any atom is 0.187 e. The topological polar surface area (TPSA) is 38.2 Å². The third kappa shape index (κ3) is 2.96. The number of hydrogen-bond acceptors (Lipinski definition) is 4. The van der Waals surface area contributed by atoms with Crippen LogP contribution in [-0.2, 0) is 11.2 Å². The van der Waals surface area contributed by atoms with Gasteiger partial charge in [0.1, 0.15) is 6.33 Å². The Morgan fingerprint density at radius 3 is 2.94 bits per heavy atom. The number of likely N-dealkylation sites (N-methyl/N-ethyl adjacent to an activating group) is 1. The Balaban J connectivity index is 2.05. The van der Waals surface area contributed by atoms with Gasteiger partial charge in [0.05, 0.1) is 11.8 Å². The molecular weight excluding hydrogens is 233 g/mol. The van der Waals surface area contributed by atoms with Crippen LogP contribution in [0.4, 0.5) is 10.2 Å². The Morgan fingerprint density at radius 1 is 1.44 bits per heavy atom. The van der Waals surface area contributed by atoms with Crippen LogP contribution in [0.15, 0.2) is 6.33 Å². The maximum atomic E-state index is 14.1. The summed E-state index contributed by atoms with van der Waals surface area (Å²) in [5.41, 5.74) is 0.469. The highest BCUT2D eigenvalue weighted by molar-refractivity contribution is 5.40. The second kappa shape index (κ2) is 6.09. The fourth-order valence-electron chi connectivity index (χ4n) is 2.25. The number of hydrogen-bond donors (Lipinski definition) is 0. The summed E-state index contributed by atoms with van der Waals surface area (Å²) in [6.45, 7) is 3.38. The van der Waals surface area contributed by atoms with Gasteiger partial charge in [-0.25, -0.2) is 14.4 Å². The van der Waals surface area contributed by atoms with E-state index in [0.29, 0.717) is 24.5 Å². The molecule has 0 saturated carbocycles. The molecule has 0 unspecified atom stereocenters. The number of ether oxygens (including phenoxy) is 1. The molecule has 100 valence electrons. The third-order valence-corrected chi connectivity index (χ3v) is 3.29. The summed E-state index contributed by atoms with van der Waals surface area (Å²) in [5, 5.41) is 0. The minimum Gasteiger partial charge on any atom is -0.376 e. The van der Waals surface area contributed by atoms with Gasteiger partial charge in [-0.2, -0.15) is 0 Å². The lowest BCUT2D eigenvalue weighted by atomic mass is 10.1. The molecule has 2 rings (SSSR count). The summed E-state index contributed by atoms with van der Waals surface area (Å²) in [6, 6.07) is 0. The van der Waals surface area contributed by atoms with Crippen LogP contribution in [0.25, 0.3) is 0 Å². The molecule has 1 aromatic heterocycles. The van der Waals surface area contributed by atoms with Crippen molar-refractivity contribution in [1.82, 2.24) is 9.97 Å². The summed E-state index contributed by atoms with van der Waals surface area (Å²) >= 11 is 0. The van der Waals surface area contributed by atoms with E-state index in [-0.39, 0.29) is 11.9 Å². The Hall–Kier alpha value is -1.23. The van der Waals surface area contributed by atoms with E-state index in [2.05, 4.69) is 9.97 Å². The van der Waals surface area contributed by atoms with Crippen LogP contribution in [0.2, 0.25) is 0 Å². The molecule has 5 heteroatoms. The summed E-state index contributed by atoms with van der Waals surface area (Å²) in [5.74, 6) is 0.0642. The quantitative estimate of drug-likeness (QED) is 0.824. The van der Waals surface area contributed by atoms with Crippen LogP contribution in [0, 0.1) is 5.82 Å². The molecule has 0 amide bonds. The smallest absolute Gasteiger partial charge is 0.187 e. The predicted molar refractivity (Wildman–Crippen MR) is 68.2 cm³/mol. The van der Waals surface area contributed by atoms with E-state index < -0.39 is 0 Å². The molecule has 4 nitrogen and oxygen atoms in total. The van der Waals surface area contributed by atoms with Crippen LogP contribution in [0.1, 0.15) is 31.9 Å². The molecule has 1 saturated heterocycles. The summed E-state index contributed by atoms with van der Waals surface area (Å²) in [6.07, 6.45) is 5.54. The van der Waals surface area contributed by atoms with Gasteiger partial charge in [0.15, 0.2) is 11.6 Å². The Morgan fingerprint density at radius 2 is 2.28 bits per heavy atom. The third-order valence-electron chi connectivity index (χ3n) is 3.29. The molecule has 1 aromatic rings. The molecule has 2 heterocycles. The highest BCUT2D eigenvalue weighted by Crippen LogP contribution is 2.20. The Labute approximate surface area is 107 Å². The van der Waals surface area contributed by atoms with E-state index in [1.54, 1.807) is 0 Å². The molecule has 1 aliphatic heterocycles.